The highest BCUT2D eigenvalue weighted by molar-refractivity contribution is 6.30. The third kappa shape index (κ3) is 7.77. The molecular formula is C38H46ClN3O7. The molecule has 3 fully saturated rings. The number of unbranched alkanes of at least 4 members (excludes halogenated alkanes) is 3. The fourth-order valence-electron chi connectivity index (χ4n) is 7.58. The van der Waals surface area contributed by atoms with Gasteiger partial charge in [0.05, 0.1) is 24.0 Å². The van der Waals surface area contributed by atoms with Gasteiger partial charge in [-0.1, -0.05) is 66.9 Å². The fourth-order valence-corrected chi connectivity index (χ4v) is 7.71. The molecule has 2 N–H and O–H groups in total. The van der Waals surface area contributed by atoms with Crippen molar-refractivity contribution in [2.75, 3.05) is 31.2 Å². The lowest BCUT2D eigenvalue weighted by molar-refractivity contribution is -0.146. The van der Waals surface area contributed by atoms with Gasteiger partial charge < -0.3 is 29.7 Å². The number of aliphatic hydroxyl groups is 1. The molecule has 10 nitrogen and oxygen atoms in total. The minimum absolute atomic E-state index is 0.0770. The molecule has 0 unspecified atom stereocenters. The average Bonchev–Trinajstić information content (AvgIpc) is 3.75. The van der Waals surface area contributed by atoms with E-state index in [1.54, 1.807) is 46.2 Å². The number of carbonyl (C=O) groups is 4. The number of aliphatic hydroxyl groups excluding tert-OH is 1. The molecule has 3 amide bonds. The van der Waals surface area contributed by atoms with Crippen LogP contribution < -0.4 is 10.2 Å². The van der Waals surface area contributed by atoms with E-state index in [0.717, 1.165) is 18.4 Å². The number of anilines is 1. The summed E-state index contributed by atoms with van der Waals surface area (Å²) in [6.45, 7) is 8.05. The number of nitrogens with one attached hydrogen (secondary N) is 1. The summed E-state index contributed by atoms with van der Waals surface area (Å²) in [5.74, 6) is -3.04. The number of carbonyl (C=O) groups excluding carboxylic acids is 4. The fraction of sp³-hybridized carbons (Fsp3) is 0.474. The predicted octanol–water partition coefficient (Wildman–Crippen LogP) is 5.15. The maximum Gasteiger partial charge on any atom is 0.306 e. The smallest absolute Gasteiger partial charge is 0.306 e. The number of esters is 1. The van der Waals surface area contributed by atoms with Gasteiger partial charge in [-0.3, -0.25) is 19.2 Å². The van der Waals surface area contributed by atoms with Gasteiger partial charge in [-0.05, 0) is 61.9 Å². The average molecular weight is 692 g/mol. The zero-order valence-electron chi connectivity index (χ0n) is 27.8. The van der Waals surface area contributed by atoms with Gasteiger partial charge >= 0.3 is 5.97 Å². The quantitative estimate of drug-likeness (QED) is 0.126. The second-order valence-corrected chi connectivity index (χ2v) is 13.4. The van der Waals surface area contributed by atoms with Crippen molar-refractivity contribution in [1.29, 1.82) is 0 Å². The van der Waals surface area contributed by atoms with E-state index in [1.165, 1.54) is 0 Å². The molecule has 3 heterocycles. The van der Waals surface area contributed by atoms with Gasteiger partial charge in [-0.2, -0.15) is 0 Å². The molecule has 2 bridgehead atoms. The molecule has 2 aromatic carbocycles. The molecule has 0 aromatic heterocycles. The van der Waals surface area contributed by atoms with Crippen molar-refractivity contribution in [2.45, 2.75) is 75.2 Å². The summed E-state index contributed by atoms with van der Waals surface area (Å²) in [7, 11) is 0. The van der Waals surface area contributed by atoms with Crippen LogP contribution in [0.3, 0.4) is 0 Å². The SMILES string of the molecule is C=CCCC(=O)OC[C@H](NC(=O)[C@@H]1[C@@H]2CC[C@]3(O2)[C@H](C(=O)N(CC=C)c2ccc(Cl)cc2)N(CCCCCCO)C(=O)[C@@H]13)c1ccccc1. The number of fused-ring (bicyclic) bond motifs is 1. The lowest BCUT2D eigenvalue weighted by atomic mass is 9.70. The van der Waals surface area contributed by atoms with Crippen molar-refractivity contribution < 1.29 is 33.8 Å². The third-order valence-electron chi connectivity index (χ3n) is 9.84. The number of halogens is 1. The standard InChI is InChI=1S/C38H46ClN3O7/c1-3-5-15-31(44)48-25-29(26-13-9-8-10-14-26)40-35(45)32-30-20-21-38(49-30)33(32)36(46)42(23-11-6-7-12-24-43)34(38)37(47)41(22-4-2)28-18-16-27(39)17-19-28/h3-4,8-10,13-14,16-19,29-30,32-34,43H,1-2,5-7,11-12,15,20-25H2,(H,40,45)/t29-,30-,32+,33+,34-,38+/m0/s1. The van der Waals surface area contributed by atoms with Gasteiger partial charge in [0.1, 0.15) is 18.2 Å². The topological polar surface area (TPSA) is 125 Å². The van der Waals surface area contributed by atoms with E-state index >= 15 is 0 Å². The van der Waals surface area contributed by atoms with Crippen LogP contribution >= 0.6 is 11.6 Å². The molecule has 0 radical (unpaired) electrons. The monoisotopic (exact) mass is 691 g/mol. The highest BCUT2D eigenvalue weighted by Crippen LogP contribution is 2.58. The molecule has 3 aliphatic rings. The molecule has 262 valence electrons. The summed E-state index contributed by atoms with van der Waals surface area (Å²) in [6.07, 6.45) is 7.22. The van der Waals surface area contributed by atoms with Gasteiger partial charge in [0.25, 0.3) is 5.91 Å². The normalized spacial score (nSPS) is 24.3. The van der Waals surface area contributed by atoms with Gasteiger partial charge in [0.15, 0.2) is 0 Å². The van der Waals surface area contributed by atoms with Crippen LogP contribution in [0.1, 0.15) is 63.0 Å². The van der Waals surface area contributed by atoms with E-state index in [4.69, 9.17) is 21.1 Å². The molecule has 6 atom stereocenters. The molecule has 5 rings (SSSR count). The third-order valence-corrected chi connectivity index (χ3v) is 10.1. The van der Waals surface area contributed by atoms with Crippen molar-refractivity contribution in [3.8, 4) is 0 Å². The summed E-state index contributed by atoms with van der Waals surface area (Å²) in [6, 6.07) is 14.6. The molecule has 1 spiro atoms. The van der Waals surface area contributed by atoms with Gasteiger partial charge in [-0.25, -0.2) is 0 Å². The van der Waals surface area contributed by atoms with Crippen molar-refractivity contribution in [3.63, 3.8) is 0 Å². The highest BCUT2D eigenvalue weighted by Gasteiger charge is 2.74. The van der Waals surface area contributed by atoms with E-state index < -0.39 is 41.6 Å². The van der Waals surface area contributed by atoms with Gasteiger partial charge in [-0.15, -0.1) is 13.2 Å². The molecule has 0 saturated carbocycles. The van der Waals surface area contributed by atoms with Crippen molar-refractivity contribution >= 4 is 41.0 Å². The van der Waals surface area contributed by atoms with Crippen LogP contribution in [-0.2, 0) is 28.7 Å². The van der Waals surface area contributed by atoms with E-state index in [2.05, 4.69) is 18.5 Å². The molecule has 3 aliphatic heterocycles. The first-order chi connectivity index (χ1) is 23.7. The van der Waals surface area contributed by atoms with E-state index in [-0.39, 0.29) is 43.9 Å². The lowest BCUT2D eigenvalue weighted by Gasteiger charge is -2.37. The first-order valence-corrected chi connectivity index (χ1v) is 17.5. The Morgan fingerprint density at radius 2 is 1.82 bits per heavy atom. The summed E-state index contributed by atoms with van der Waals surface area (Å²) in [4.78, 5) is 59.0. The Kier molecular flexibility index (Phi) is 12.3. The van der Waals surface area contributed by atoms with Crippen LogP contribution in [-0.4, -0.2) is 77.7 Å². The molecule has 11 heteroatoms. The number of likely N-dealkylation sites (tertiary alicyclic amines) is 1. The maximum atomic E-state index is 14.7. The van der Waals surface area contributed by atoms with Crippen LogP contribution in [0.15, 0.2) is 79.9 Å². The molecule has 2 aromatic rings. The molecule has 0 aliphatic carbocycles. The van der Waals surface area contributed by atoms with E-state index in [0.29, 0.717) is 49.4 Å². The van der Waals surface area contributed by atoms with Crippen LogP contribution in [0.4, 0.5) is 5.69 Å². The second-order valence-electron chi connectivity index (χ2n) is 12.9. The summed E-state index contributed by atoms with van der Waals surface area (Å²) < 4.78 is 12.2. The molecular weight excluding hydrogens is 646 g/mol. The van der Waals surface area contributed by atoms with Crippen molar-refractivity contribution in [3.05, 3.63) is 90.5 Å². The summed E-state index contributed by atoms with van der Waals surface area (Å²) >= 11 is 6.16. The number of ether oxygens (including phenoxy) is 2. The van der Waals surface area contributed by atoms with Gasteiger partial charge in [0.2, 0.25) is 11.8 Å². The van der Waals surface area contributed by atoms with Crippen molar-refractivity contribution in [1.82, 2.24) is 10.2 Å². The largest absolute Gasteiger partial charge is 0.463 e. The zero-order chi connectivity index (χ0) is 35.0. The Hall–Kier alpha value is -3.99. The Labute approximate surface area is 293 Å². The lowest BCUT2D eigenvalue weighted by Crippen LogP contribution is -2.56. The predicted molar refractivity (Wildman–Crippen MR) is 187 cm³/mol. The first kappa shape index (κ1) is 36.3. The van der Waals surface area contributed by atoms with Crippen LogP contribution in [0.5, 0.6) is 0 Å². The minimum Gasteiger partial charge on any atom is -0.463 e. The zero-order valence-corrected chi connectivity index (χ0v) is 28.6. The Balaban J connectivity index is 1.44. The van der Waals surface area contributed by atoms with Crippen LogP contribution in [0.2, 0.25) is 5.02 Å². The van der Waals surface area contributed by atoms with Crippen LogP contribution in [0.25, 0.3) is 0 Å². The van der Waals surface area contributed by atoms with Gasteiger partial charge in [0, 0.05) is 36.8 Å². The summed E-state index contributed by atoms with van der Waals surface area (Å²) in [5.41, 5.74) is 0.182. The maximum absolute atomic E-state index is 14.7. The molecule has 3 saturated heterocycles. The van der Waals surface area contributed by atoms with Crippen LogP contribution in [0, 0.1) is 11.8 Å². The highest BCUT2D eigenvalue weighted by atomic mass is 35.5. The van der Waals surface area contributed by atoms with E-state index in [1.807, 2.05) is 30.3 Å². The van der Waals surface area contributed by atoms with E-state index in [9.17, 15) is 24.3 Å². The Morgan fingerprint density at radius 3 is 2.51 bits per heavy atom. The number of nitrogens with zero attached hydrogens (tertiary/aromatic N) is 2. The first-order valence-electron chi connectivity index (χ1n) is 17.1. The number of allylic oxidation sites excluding steroid dienone is 1. The second kappa shape index (κ2) is 16.6. The number of benzene rings is 2. The Bertz CT molecular complexity index is 1500. The van der Waals surface area contributed by atoms with Crippen molar-refractivity contribution in [2.24, 2.45) is 11.8 Å². The number of rotatable bonds is 18. The number of hydrogen-bond acceptors (Lipinski definition) is 7. The Morgan fingerprint density at radius 1 is 1.08 bits per heavy atom. The number of hydrogen-bond donors (Lipinski definition) is 2. The minimum atomic E-state index is -1.18. The molecule has 49 heavy (non-hydrogen) atoms. The number of amides is 3. The summed E-state index contributed by atoms with van der Waals surface area (Å²) in [5, 5.41) is 12.8.